The maximum Gasteiger partial charge on any atom is 0.0544 e. The lowest BCUT2D eigenvalue weighted by Gasteiger charge is -2.26. The fourth-order valence-electron chi connectivity index (χ4n) is 8.99. The third kappa shape index (κ3) is 6.23. The number of rotatable bonds is 7. The van der Waals surface area contributed by atoms with E-state index in [0.29, 0.717) is 0 Å². The highest BCUT2D eigenvalue weighted by Gasteiger charge is 2.18. The molecule has 0 aliphatic heterocycles. The van der Waals surface area contributed by atoms with Crippen LogP contribution in [0.1, 0.15) is 11.1 Å². The second-order valence-corrected chi connectivity index (χ2v) is 15.3. The summed E-state index contributed by atoms with van der Waals surface area (Å²) in [6.07, 6.45) is 9.72. The van der Waals surface area contributed by atoms with Gasteiger partial charge < -0.3 is 9.47 Å². The standard InChI is InChI=1S/C57H40N2/c1-3-13-40(14-4-1)42-23-31-47(32-24-42)58(50-37-25-41-15-7-8-17-46(41)39-50)48-33-26-44(27-34-48)51-18-9-10-19-52(51)45-28-35-49(36-29-45)59-55-22-12-11-21-54(55)57-53-20-6-2-5-16-43(53)30-38-56(57)59/h1-19,21-39H,20H2. The van der Waals surface area contributed by atoms with E-state index in [9.17, 15) is 0 Å². The van der Waals surface area contributed by atoms with E-state index in [2.05, 4.69) is 240 Å². The molecular formula is C57H40N2. The summed E-state index contributed by atoms with van der Waals surface area (Å²) in [5, 5.41) is 5.09. The number of nitrogens with zero attached hydrogens (tertiary/aromatic N) is 2. The van der Waals surface area contributed by atoms with E-state index in [1.54, 1.807) is 0 Å². The van der Waals surface area contributed by atoms with E-state index >= 15 is 0 Å². The predicted molar refractivity (Wildman–Crippen MR) is 251 cm³/mol. The number of hydrogen-bond donors (Lipinski definition) is 0. The minimum absolute atomic E-state index is 0.924. The fourth-order valence-corrected chi connectivity index (χ4v) is 8.99. The van der Waals surface area contributed by atoms with Crippen molar-refractivity contribution in [3.05, 3.63) is 236 Å². The van der Waals surface area contributed by atoms with Crippen LogP contribution in [-0.4, -0.2) is 4.57 Å². The van der Waals surface area contributed by atoms with Crippen LogP contribution in [0.3, 0.4) is 0 Å². The predicted octanol–water partition coefficient (Wildman–Crippen LogP) is 15.5. The molecule has 0 spiro atoms. The van der Waals surface area contributed by atoms with E-state index in [1.807, 2.05) is 0 Å². The highest BCUT2D eigenvalue weighted by atomic mass is 15.1. The molecule has 1 aromatic heterocycles. The molecule has 0 unspecified atom stereocenters. The molecule has 1 heterocycles. The van der Waals surface area contributed by atoms with Crippen molar-refractivity contribution in [1.82, 2.24) is 4.57 Å². The highest BCUT2D eigenvalue weighted by Crippen LogP contribution is 2.41. The van der Waals surface area contributed by atoms with Crippen LogP contribution in [0.2, 0.25) is 0 Å². The molecule has 0 fully saturated rings. The van der Waals surface area contributed by atoms with Gasteiger partial charge >= 0.3 is 0 Å². The normalized spacial score (nSPS) is 12.2. The Morgan fingerprint density at radius 2 is 1.00 bits per heavy atom. The molecule has 278 valence electrons. The van der Waals surface area contributed by atoms with Gasteiger partial charge in [0, 0.05) is 33.5 Å². The lowest BCUT2D eigenvalue weighted by atomic mass is 9.94. The Hall–Kier alpha value is -7.68. The van der Waals surface area contributed by atoms with Crippen LogP contribution in [0.4, 0.5) is 17.1 Å². The molecule has 0 radical (unpaired) electrons. The number of aromatic nitrogens is 1. The molecule has 1 aliphatic carbocycles. The molecule has 0 saturated heterocycles. The van der Waals surface area contributed by atoms with Crippen molar-refractivity contribution in [3.8, 4) is 39.1 Å². The Morgan fingerprint density at radius 3 is 1.75 bits per heavy atom. The van der Waals surface area contributed by atoms with Gasteiger partial charge in [0.05, 0.1) is 11.0 Å². The Bertz CT molecular complexity index is 3200. The Kier molecular flexibility index (Phi) is 8.60. The van der Waals surface area contributed by atoms with Gasteiger partial charge in [0.2, 0.25) is 0 Å². The van der Waals surface area contributed by atoms with Crippen LogP contribution < -0.4 is 4.90 Å². The lowest BCUT2D eigenvalue weighted by molar-refractivity contribution is 1.18. The van der Waals surface area contributed by atoms with Crippen molar-refractivity contribution in [1.29, 1.82) is 0 Å². The van der Waals surface area contributed by atoms with Gasteiger partial charge in [-0.25, -0.2) is 0 Å². The minimum Gasteiger partial charge on any atom is -0.310 e. The molecule has 0 bridgehead atoms. The van der Waals surface area contributed by atoms with Gasteiger partial charge in [-0.1, -0.05) is 170 Å². The molecule has 10 aromatic rings. The number of para-hydroxylation sites is 1. The first-order valence-corrected chi connectivity index (χ1v) is 20.4. The van der Waals surface area contributed by atoms with Crippen LogP contribution in [0, 0.1) is 0 Å². The number of fused-ring (bicyclic) bond motifs is 6. The van der Waals surface area contributed by atoms with Gasteiger partial charge in [0.15, 0.2) is 0 Å². The van der Waals surface area contributed by atoms with Crippen LogP contribution in [0.5, 0.6) is 0 Å². The van der Waals surface area contributed by atoms with Crippen molar-refractivity contribution in [2.24, 2.45) is 0 Å². The average molecular weight is 753 g/mol. The highest BCUT2D eigenvalue weighted by molar-refractivity contribution is 6.12. The maximum absolute atomic E-state index is 2.42. The largest absolute Gasteiger partial charge is 0.310 e. The van der Waals surface area contributed by atoms with E-state index in [4.69, 9.17) is 0 Å². The summed E-state index contributed by atoms with van der Waals surface area (Å²) in [5.74, 6) is 0. The van der Waals surface area contributed by atoms with E-state index in [1.165, 1.54) is 77.1 Å². The summed E-state index contributed by atoms with van der Waals surface area (Å²) in [4.78, 5) is 2.36. The molecular weight excluding hydrogens is 713 g/mol. The minimum atomic E-state index is 0.924. The molecule has 0 N–H and O–H groups in total. The summed E-state index contributed by atoms with van der Waals surface area (Å²) < 4.78 is 2.42. The van der Waals surface area contributed by atoms with Gasteiger partial charge in [-0.2, -0.15) is 0 Å². The molecule has 59 heavy (non-hydrogen) atoms. The number of benzene rings is 9. The van der Waals surface area contributed by atoms with E-state index < -0.39 is 0 Å². The molecule has 9 aromatic carbocycles. The maximum atomic E-state index is 2.42. The zero-order valence-corrected chi connectivity index (χ0v) is 32.5. The molecule has 0 saturated carbocycles. The van der Waals surface area contributed by atoms with Crippen LogP contribution >= 0.6 is 0 Å². The molecule has 2 heteroatoms. The topological polar surface area (TPSA) is 8.17 Å². The van der Waals surface area contributed by atoms with Crippen LogP contribution in [0.15, 0.2) is 224 Å². The van der Waals surface area contributed by atoms with Gasteiger partial charge in [-0.15, -0.1) is 0 Å². The monoisotopic (exact) mass is 752 g/mol. The zero-order valence-electron chi connectivity index (χ0n) is 32.5. The van der Waals surface area contributed by atoms with Crippen molar-refractivity contribution < 1.29 is 0 Å². The van der Waals surface area contributed by atoms with Crippen molar-refractivity contribution in [2.45, 2.75) is 6.42 Å². The molecule has 0 atom stereocenters. The summed E-state index contributed by atoms with van der Waals surface area (Å²) in [7, 11) is 0. The number of anilines is 3. The molecule has 2 nitrogen and oxygen atoms in total. The SMILES string of the molecule is C1=CCc2c(ccc3c2c2ccccc2n3-c2ccc(-c3ccccc3-c3ccc(N(c4ccc(-c5ccccc5)cc4)c4ccc5ccccc5c4)cc3)cc2)C=C1. The fraction of sp³-hybridized carbons (Fsp3) is 0.0175. The Balaban J connectivity index is 0.951. The second kappa shape index (κ2) is 14.7. The number of allylic oxidation sites excluding steroid dienone is 3. The first-order chi connectivity index (χ1) is 29.3. The zero-order chi connectivity index (χ0) is 39.1. The Morgan fingerprint density at radius 1 is 0.407 bits per heavy atom. The van der Waals surface area contributed by atoms with Crippen LogP contribution in [-0.2, 0) is 6.42 Å². The summed E-state index contributed by atoms with van der Waals surface area (Å²) in [5.41, 5.74) is 16.8. The van der Waals surface area contributed by atoms with Crippen molar-refractivity contribution in [2.75, 3.05) is 4.90 Å². The second-order valence-electron chi connectivity index (χ2n) is 15.3. The van der Waals surface area contributed by atoms with Crippen molar-refractivity contribution in [3.63, 3.8) is 0 Å². The van der Waals surface area contributed by atoms with Gasteiger partial charge in [-0.3, -0.25) is 0 Å². The first-order valence-electron chi connectivity index (χ1n) is 20.4. The summed E-state index contributed by atoms with van der Waals surface area (Å²) >= 11 is 0. The smallest absolute Gasteiger partial charge is 0.0544 e. The third-order valence-corrected chi connectivity index (χ3v) is 11.9. The molecule has 11 rings (SSSR count). The summed E-state index contributed by atoms with van der Waals surface area (Å²) in [6, 6.07) is 75.1. The molecule has 0 amide bonds. The van der Waals surface area contributed by atoms with E-state index in [0.717, 1.165) is 29.2 Å². The molecule has 1 aliphatic rings. The first kappa shape index (κ1) is 34.6. The average Bonchev–Trinajstić information content (AvgIpc) is 3.45. The number of hydrogen-bond acceptors (Lipinski definition) is 1. The quantitative estimate of drug-likeness (QED) is 0.157. The third-order valence-electron chi connectivity index (χ3n) is 11.9. The van der Waals surface area contributed by atoms with Gasteiger partial charge in [0.25, 0.3) is 0 Å². The van der Waals surface area contributed by atoms with Gasteiger partial charge in [0.1, 0.15) is 0 Å². The van der Waals surface area contributed by atoms with Gasteiger partial charge in [-0.05, 0) is 122 Å². The lowest BCUT2D eigenvalue weighted by Crippen LogP contribution is -2.09. The Labute approximate surface area is 344 Å². The van der Waals surface area contributed by atoms with E-state index in [-0.39, 0.29) is 0 Å². The van der Waals surface area contributed by atoms with Crippen LogP contribution in [0.25, 0.3) is 77.7 Å². The summed E-state index contributed by atoms with van der Waals surface area (Å²) in [6.45, 7) is 0. The van der Waals surface area contributed by atoms with Crippen molar-refractivity contribution >= 4 is 55.7 Å².